The van der Waals surface area contributed by atoms with Gasteiger partial charge in [-0.25, -0.2) is 0 Å². The lowest BCUT2D eigenvalue weighted by Crippen LogP contribution is -2.34. The van der Waals surface area contributed by atoms with Crippen molar-refractivity contribution in [3.63, 3.8) is 0 Å². The maximum Gasteiger partial charge on any atom is 0.232 e. The van der Waals surface area contributed by atoms with Gasteiger partial charge in [0.25, 0.3) is 0 Å². The van der Waals surface area contributed by atoms with E-state index in [0.717, 1.165) is 5.69 Å². The number of hydrogen-bond acceptors (Lipinski definition) is 3. The van der Waals surface area contributed by atoms with Crippen molar-refractivity contribution in [3.05, 3.63) is 30.3 Å². The number of carbonyl (C=O) groups excluding carboxylic acids is 1. The molecule has 1 aromatic rings. The molecule has 0 unspecified atom stereocenters. The molecule has 2 N–H and O–H groups in total. The first-order valence-electron chi connectivity index (χ1n) is 5.84. The first-order valence-corrected chi connectivity index (χ1v) is 5.84. The third-order valence-corrected chi connectivity index (χ3v) is 2.50. The minimum absolute atomic E-state index is 0.223. The van der Waals surface area contributed by atoms with Crippen molar-refractivity contribution in [3.8, 4) is 0 Å². The van der Waals surface area contributed by atoms with Gasteiger partial charge in [0.2, 0.25) is 5.91 Å². The van der Waals surface area contributed by atoms with Crippen LogP contribution in [0.4, 0.5) is 5.69 Å². The molecule has 0 saturated heterocycles. The summed E-state index contributed by atoms with van der Waals surface area (Å²) in [7, 11) is 0. The van der Waals surface area contributed by atoms with E-state index in [2.05, 4.69) is 5.32 Å². The summed E-state index contributed by atoms with van der Waals surface area (Å²) in [5.41, 5.74) is 0.722. The fourth-order valence-electron chi connectivity index (χ4n) is 1.56. The molecule has 4 nitrogen and oxygen atoms in total. The lowest BCUT2D eigenvalue weighted by atomic mass is 10.1. The molecule has 4 heteroatoms. The van der Waals surface area contributed by atoms with Crippen LogP contribution in [0.25, 0.3) is 0 Å². The summed E-state index contributed by atoms with van der Waals surface area (Å²) in [4.78, 5) is 11.9. The second-order valence-electron chi connectivity index (χ2n) is 3.72. The molecular weight excluding hydrogens is 218 g/mol. The van der Waals surface area contributed by atoms with Crippen molar-refractivity contribution in [2.75, 3.05) is 11.9 Å². The van der Waals surface area contributed by atoms with Crippen molar-refractivity contribution in [2.24, 2.45) is 5.92 Å². The number of benzene rings is 1. The van der Waals surface area contributed by atoms with Crippen molar-refractivity contribution in [1.82, 2.24) is 0 Å². The van der Waals surface area contributed by atoms with E-state index in [1.165, 1.54) is 0 Å². The maximum atomic E-state index is 11.9. The average Bonchev–Trinajstić information content (AvgIpc) is 2.31. The average molecular weight is 237 g/mol. The van der Waals surface area contributed by atoms with E-state index in [1.807, 2.05) is 25.1 Å². The lowest BCUT2D eigenvalue weighted by molar-refractivity contribution is -0.151. The number of anilines is 1. The Morgan fingerprint density at radius 2 is 2.00 bits per heavy atom. The number of rotatable bonds is 6. The van der Waals surface area contributed by atoms with E-state index in [9.17, 15) is 9.90 Å². The topological polar surface area (TPSA) is 58.6 Å². The van der Waals surface area contributed by atoms with Crippen LogP contribution < -0.4 is 5.32 Å². The van der Waals surface area contributed by atoms with E-state index in [1.54, 1.807) is 19.1 Å². The van der Waals surface area contributed by atoms with Gasteiger partial charge in [0.05, 0.1) is 5.92 Å². The van der Waals surface area contributed by atoms with Gasteiger partial charge in [0.1, 0.15) is 0 Å². The zero-order valence-corrected chi connectivity index (χ0v) is 10.2. The molecule has 1 amide bonds. The predicted molar refractivity (Wildman–Crippen MR) is 66.5 cm³/mol. The summed E-state index contributed by atoms with van der Waals surface area (Å²) >= 11 is 0. The number of para-hydroxylation sites is 1. The smallest absolute Gasteiger partial charge is 0.232 e. The standard InChI is InChI=1S/C13H19NO3/c1-3-11(13(16)17-4-2)12(15)14-10-8-6-5-7-9-10/h5-9,11,13,16H,3-4H2,1-2H3,(H,14,15)/t11-,13-/m0/s1. The van der Waals surface area contributed by atoms with E-state index in [0.29, 0.717) is 13.0 Å². The Hall–Kier alpha value is -1.39. The Labute approximate surface area is 102 Å². The van der Waals surface area contributed by atoms with Gasteiger partial charge < -0.3 is 15.2 Å². The predicted octanol–water partition coefficient (Wildman–Crippen LogP) is 2.01. The van der Waals surface area contributed by atoms with Gasteiger partial charge in [0.15, 0.2) is 6.29 Å². The highest BCUT2D eigenvalue weighted by atomic mass is 16.6. The van der Waals surface area contributed by atoms with Gasteiger partial charge in [-0.05, 0) is 25.5 Å². The highest BCUT2D eigenvalue weighted by molar-refractivity contribution is 5.92. The fourth-order valence-corrected chi connectivity index (χ4v) is 1.56. The maximum absolute atomic E-state index is 11.9. The molecule has 0 aromatic heterocycles. The third-order valence-electron chi connectivity index (χ3n) is 2.50. The highest BCUT2D eigenvalue weighted by Crippen LogP contribution is 2.14. The Morgan fingerprint density at radius 1 is 1.35 bits per heavy atom. The molecule has 94 valence electrons. The number of aliphatic hydroxyl groups excluding tert-OH is 1. The van der Waals surface area contributed by atoms with Crippen molar-refractivity contribution in [1.29, 1.82) is 0 Å². The lowest BCUT2D eigenvalue weighted by Gasteiger charge is -2.20. The van der Waals surface area contributed by atoms with E-state index >= 15 is 0 Å². The summed E-state index contributed by atoms with van der Waals surface area (Å²) in [5.74, 6) is -0.769. The van der Waals surface area contributed by atoms with Gasteiger partial charge in [-0.3, -0.25) is 4.79 Å². The first-order chi connectivity index (χ1) is 8.19. The minimum atomic E-state index is -1.05. The number of nitrogens with one attached hydrogen (secondary N) is 1. The monoisotopic (exact) mass is 237 g/mol. The van der Waals surface area contributed by atoms with Gasteiger partial charge >= 0.3 is 0 Å². The van der Waals surface area contributed by atoms with Crippen LogP contribution in [0.15, 0.2) is 30.3 Å². The molecule has 0 bridgehead atoms. The van der Waals surface area contributed by atoms with Crippen LogP contribution in [0.1, 0.15) is 20.3 Å². The molecule has 0 spiro atoms. The molecule has 2 atom stereocenters. The van der Waals surface area contributed by atoms with E-state index < -0.39 is 12.2 Å². The summed E-state index contributed by atoms with van der Waals surface area (Å²) < 4.78 is 5.05. The molecule has 0 aliphatic carbocycles. The molecule has 0 heterocycles. The van der Waals surface area contributed by atoms with Crippen LogP contribution in [0, 0.1) is 5.92 Å². The van der Waals surface area contributed by atoms with Gasteiger partial charge in [-0.2, -0.15) is 0 Å². The molecule has 1 rings (SSSR count). The minimum Gasteiger partial charge on any atom is -0.367 e. The summed E-state index contributed by atoms with van der Waals surface area (Å²) in [6.45, 7) is 4.01. The number of aliphatic hydroxyl groups is 1. The quantitative estimate of drug-likeness (QED) is 0.744. The first kappa shape index (κ1) is 13.7. The SMILES string of the molecule is CCO[C@H](O)[C@@H](CC)C(=O)Nc1ccccc1. The van der Waals surface area contributed by atoms with Crippen molar-refractivity contribution < 1.29 is 14.6 Å². The van der Waals surface area contributed by atoms with Crippen molar-refractivity contribution >= 4 is 11.6 Å². The number of carbonyl (C=O) groups is 1. The Bertz CT molecular complexity index is 340. The second kappa shape index (κ2) is 7.04. The number of hydrogen-bond donors (Lipinski definition) is 2. The zero-order chi connectivity index (χ0) is 12.7. The summed E-state index contributed by atoms with van der Waals surface area (Å²) in [5, 5.41) is 12.4. The molecule has 17 heavy (non-hydrogen) atoms. The molecular formula is C13H19NO3. The van der Waals surface area contributed by atoms with E-state index in [-0.39, 0.29) is 5.91 Å². The van der Waals surface area contributed by atoms with Gasteiger partial charge in [-0.15, -0.1) is 0 Å². The molecule has 0 fully saturated rings. The Kier molecular flexibility index (Phi) is 5.66. The highest BCUT2D eigenvalue weighted by Gasteiger charge is 2.25. The third kappa shape index (κ3) is 4.17. The summed E-state index contributed by atoms with van der Waals surface area (Å²) in [6, 6.07) is 9.17. The van der Waals surface area contributed by atoms with Crippen LogP contribution in [0.5, 0.6) is 0 Å². The van der Waals surface area contributed by atoms with Crippen molar-refractivity contribution in [2.45, 2.75) is 26.6 Å². The number of ether oxygens (including phenoxy) is 1. The fraction of sp³-hybridized carbons (Fsp3) is 0.462. The zero-order valence-electron chi connectivity index (χ0n) is 10.2. The van der Waals surface area contributed by atoms with E-state index in [4.69, 9.17) is 4.74 Å². The Balaban J connectivity index is 2.61. The van der Waals surface area contributed by atoms with Crippen LogP contribution in [-0.2, 0) is 9.53 Å². The van der Waals surface area contributed by atoms with Crippen LogP contribution in [0.3, 0.4) is 0 Å². The number of amides is 1. The normalized spacial score (nSPS) is 14.1. The second-order valence-corrected chi connectivity index (χ2v) is 3.72. The largest absolute Gasteiger partial charge is 0.367 e. The molecule has 1 aromatic carbocycles. The van der Waals surface area contributed by atoms with Crippen LogP contribution in [-0.4, -0.2) is 23.9 Å². The van der Waals surface area contributed by atoms with Crippen LogP contribution in [0.2, 0.25) is 0 Å². The molecule has 0 radical (unpaired) electrons. The van der Waals surface area contributed by atoms with Gasteiger partial charge in [-0.1, -0.05) is 25.1 Å². The van der Waals surface area contributed by atoms with Gasteiger partial charge in [0, 0.05) is 12.3 Å². The summed E-state index contributed by atoms with van der Waals surface area (Å²) in [6.07, 6.45) is -0.520. The van der Waals surface area contributed by atoms with Crippen LogP contribution >= 0.6 is 0 Å². The molecule has 0 saturated carbocycles. The molecule has 0 aliphatic rings. The Morgan fingerprint density at radius 3 is 2.53 bits per heavy atom. The molecule has 0 aliphatic heterocycles.